The molecule has 1 rings (SSSR count). The van der Waals surface area contributed by atoms with E-state index in [1.54, 1.807) is 0 Å². The lowest BCUT2D eigenvalue weighted by Gasteiger charge is -2.08. The van der Waals surface area contributed by atoms with E-state index in [1.807, 2.05) is 0 Å². The third-order valence-corrected chi connectivity index (χ3v) is 3.11. The Bertz CT molecular complexity index is 372. The Hall–Kier alpha value is -1.26. The van der Waals surface area contributed by atoms with Crippen molar-refractivity contribution in [3.8, 4) is 0 Å². The van der Waals surface area contributed by atoms with Crippen molar-refractivity contribution in [2.75, 3.05) is 11.9 Å². The molecule has 0 fully saturated rings. The number of alkyl halides is 3. The molecule has 1 heterocycles. The molecule has 0 bridgehead atoms. The molecule has 0 unspecified atom stereocenters. The van der Waals surface area contributed by atoms with Crippen LogP contribution in [0.25, 0.3) is 0 Å². The second-order valence-corrected chi connectivity index (χ2v) is 5.45. The quantitative estimate of drug-likeness (QED) is 0.672. The summed E-state index contributed by atoms with van der Waals surface area (Å²) < 4.78 is 37.0. The summed E-state index contributed by atoms with van der Waals surface area (Å²) in [5.74, 6) is 1.25. The highest BCUT2D eigenvalue weighted by Gasteiger charge is 2.30. The number of nitrogens with zero attached hydrogens (tertiary/aromatic N) is 1. The van der Waals surface area contributed by atoms with Crippen LogP contribution in [0.5, 0.6) is 0 Å². The van der Waals surface area contributed by atoms with Gasteiger partial charge < -0.3 is 5.32 Å². The average molecular weight is 288 g/mol. The smallest absolute Gasteiger partial charge is 0.370 e. The Morgan fingerprint density at radius 3 is 2.35 bits per heavy atom. The first-order valence-electron chi connectivity index (χ1n) is 7.16. The van der Waals surface area contributed by atoms with E-state index >= 15 is 0 Å². The van der Waals surface area contributed by atoms with Gasteiger partial charge in [-0.3, -0.25) is 0 Å². The molecule has 0 amide bonds. The van der Waals surface area contributed by atoms with E-state index in [0.717, 1.165) is 37.6 Å². The number of hydrogen-bond donors (Lipinski definition) is 1. The van der Waals surface area contributed by atoms with Crippen molar-refractivity contribution in [1.82, 2.24) is 4.98 Å². The molecule has 0 aliphatic rings. The van der Waals surface area contributed by atoms with Crippen LogP contribution >= 0.6 is 0 Å². The van der Waals surface area contributed by atoms with Gasteiger partial charge in [0.15, 0.2) is 0 Å². The van der Waals surface area contributed by atoms with Gasteiger partial charge >= 0.3 is 6.18 Å². The summed E-state index contributed by atoms with van der Waals surface area (Å²) in [7, 11) is 0. The Morgan fingerprint density at radius 2 is 1.80 bits per heavy atom. The maximum atomic E-state index is 12.3. The van der Waals surface area contributed by atoms with Crippen molar-refractivity contribution < 1.29 is 13.2 Å². The lowest BCUT2D eigenvalue weighted by Crippen LogP contribution is -2.07. The van der Waals surface area contributed by atoms with Crippen LogP contribution in [0.1, 0.15) is 51.5 Å². The molecule has 20 heavy (non-hydrogen) atoms. The Balaban J connectivity index is 2.16. The molecule has 0 atom stereocenters. The summed E-state index contributed by atoms with van der Waals surface area (Å²) in [6.45, 7) is 5.19. The minimum Gasteiger partial charge on any atom is -0.370 e. The Labute approximate surface area is 118 Å². The Morgan fingerprint density at radius 1 is 1.10 bits per heavy atom. The highest BCUT2D eigenvalue weighted by molar-refractivity contribution is 5.35. The predicted molar refractivity (Wildman–Crippen MR) is 75.7 cm³/mol. The van der Waals surface area contributed by atoms with Gasteiger partial charge in [0.05, 0.1) is 5.56 Å². The molecular weight excluding hydrogens is 265 g/mol. The van der Waals surface area contributed by atoms with Crippen molar-refractivity contribution >= 4 is 5.82 Å². The van der Waals surface area contributed by atoms with Gasteiger partial charge in [-0.25, -0.2) is 4.98 Å². The fourth-order valence-electron chi connectivity index (χ4n) is 1.91. The molecular formula is C15H23F3N2. The molecule has 1 N–H and O–H groups in total. The maximum Gasteiger partial charge on any atom is 0.417 e. The van der Waals surface area contributed by atoms with E-state index in [9.17, 15) is 13.2 Å². The predicted octanol–water partition coefficient (Wildman–Crippen LogP) is 5.12. The van der Waals surface area contributed by atoms with Crippen molar-refractivity contribution in [2.24, 2.45) is 5.92 Å². The standard InChI is InChI=1S/C15H23F3N2/c1-12(2)7-5-3-4-6-10-19-14-9-8-13(11-20-14)15(16,17)18/h8-9,11-12H,3-7,10H2,1-2H3,(H,19,20). The third-order valence-electron chi connectivity index (χ3n) is 3.11. The molecule has 1 aromatic heterocycles. The third kappa shape index (κ3) is 6.78. The number of nitrogens with one attached hydrogen (secondary N) is 1. The number of hydrogen-bond acceptors (Lipinski definition) is 2. The van der Waals surface area contributed by atoms with Crippen LogP contribution in [0.15, 0.2) is 18.3 Å². The van der Waals surface area contributed by atoms with E-state index in [-0.39, 0.29) is 0 Å². The number of pyridine rings is 1. The number of rotatable bonds is 8. The molecule has 0 spiro atoms. The number of halogens is 3. The fourth-order valence-corrected chi connectivity index (χ4v) is 1.91. The van der Waals surface area contributed by atoms with Crippen molar-refractivity contribution in [2.45, 2.75) is 52.1 Å². The lowest BCUT2D eigenvalue weighted by atomic mass is 10.0. The van der Waals surface area contributed by atoms with Crippen LogP contribution < -0.4 is 5.32 Å². The van der Waals surface area contributed by atoms with Crippen molar-refractivity contribution in [3.63, 3.8) is 0 Å². The molecule has 0 aliphatic carbocycles. The zero-order chi connectivity index (χ0) is 15.0. The average Bonchev–Trinajstić information content (AvgIpc) is 2.37. The summed E-state index contributed by atoms with van der Waals surface area (Å²) >= 11 is 0. The molecule has 0 radical (unpaired) electrons. The molecule has 0 saturated carbocycles. The van der Waals surface area contributed by atoms with Crippen LogP contribution in [0.4, 0.5) is 19.0 Å². The number of unbranched alkanes of at least 4 members (excludes halogenated alkanes) is 3. The molecule has 5 heteroatoms. The van der Waals surface area contributed by atoms with Gasteiger partial charge in [0.25, 0.3) is 0 Å². The monoisotopic (exact) mass is 288 g/mol. The second-order valence-electron chi connectivity index (χ2n) is 5.45. The molecule has 0 saturated heterocycles. The van der Waals surface area contributed by atoms with E-state index < -0.39 is 11.7 Å². The highest BCUT2D eigenvalue weighted by atomic mass is 19.4. The molecule has 2 nitrogen and oxygen atoms in total. The van der Waals surface area contributed by atoms with E-state index in [1.165, 1.54) is 25.3 Å². The first-order chi connectivity index (χ1) is 9.39. The molecule has 0 aliphatic heterocycles. The zero-order valence-electron chi connectivity index (χ0n) is 12.1. The van der Waals surface area contributed by atoms with Gasteiger partial charge in [-0.15, -0.1) is 0 Å². The van der Waals surface area contributed by atoms with E-state index in [4.69, 9.17) is 0 Å². The van der Waals surface area contributed by atoms with E-state index in [0.29, 0.717) is 5.82 Å². The minimum absolute atomic E-state index is 0.500. The van der Waals surface area contributed by atoms with Crippen molar-refractivity contribution in [3.05, 3.63) is 23.9 Å². The van der Waals surface area contributed by atoms with Crippen LogP contribution in [-0.2, 0) is 6.18 Å². The maximum absolute atomic E-state index is 12.3. The minimum atomic E-state index is -4.32. The molecule has 114 valence electrons. The van der Waals surface area contributed by atoms with Crippen LogP contribution in [0, 0.1) is 5.92 Å². The van der Waals surface area contributed by atoms with Gasteiger partial charge in [0, 0.05) is 12.7 Å². The fraction of sp³-hybridized carbons (Fsp3) is 0.667. The summed E-state index contributed by atoms with van der Waals surface area (Å²) in [4.78, 5) is 3.77. The molecule has 0 aromatic carbocycles. The largest absolute Gasteiger partial charge is 0.417 e. The van der Waals surface area contributed by atoms with Crippen LogP contribution in [-0.4, -0.2) is 11.5 Å². The van der Waals surface area contributed by atoms with Gasteiger partial charge in [-0.2, -0.15) is 13.2 Å². The van der Waals surface area contributed by atoms with Gasteiger partial charge in [-0.1, -0.05) is 39.5 Å². The zero-order valence-corrected chi connectivity index (χ0v) is 12.1. The summed E-state index contributed by atoms with van der Waals surface area (Å²) in [5.41, 5.74) is -0.711. The van der Waals surface area contributed by atoms with Crippen molar-refractivity contribution in [1.29, 1.82) is 0 Å². The van der Waals surface area contributed by atoms with Gasteiger partial charge in [-0.05, 0) is 24.5 Å². The summed E-state index contributed by atoms with van der Waals surface area (Å²) in [5, 5.41) is 3.04. The SMILES string of the molecule is CC(C)CCCCCCNc1ccc(C(F)(F)F)cn1. The summed E-state index contributed by atoms with van der Waals surface area (Å²) in [6, 6.07) is 2.43. The Kier molecular flexibility index (Phi) is 6.82. The van der Waals surface area contributed by atoms with Crippen LogP contribution in [0.2, 0.25) is 0 Å². The first-order valence-corrected chi connectivity index (χ1v) is 7.16. The highest BCUT2D eigenvalue weighted by Crippen LogP contribution is 2.28. The van der Waals surface area contributed by atoms with Gasteiger partial charge in [0.1, 0.15) is 5.82 Å². The van der Waals surface area contributed by atoms with E-state index in [2.05, 4.69) is 24.1 Å². The first kappa shape index (κ1) is 16.8. The van der Waals surface area contributed by atoms with Crippen LogP contribution in [0.3, 0.4) is 0 Å². The second kappa shape index (κ2) is 8.12. The topological polar surface area (TPSA) is 24.9 Å². The lowest BCUT2D eigenvalue weighted by molar-refractivity contribution is -0.137. The summed E-state index contributed by atoms with van der Waals surface area (Å²) in [6.07, 6.45) is 2.42. The number of aromatic nitrogens is 1. The normalized spacial score (nSPS) is 11.9. The molecule has 1 aromatic rings. The number of anilines is 1. The van der Waals surface area contributed by atoms with Gasteiger partial charge in [0.2, 0.25) is 0 Å².